The third-order valence-corrected chi connectivity index (χ3v) is 13.7. The molecule has 0 spiro atoms. The van der Waals surface area contributed by atoms with Gasteiger partial charge >= 0.3 is 0 Å². The van der Waals surface area contributed by atoms with E-state index in [1.807, 2.05) is 18.2 Å². The molecule has 0 bridgehead atoms. The van der Waals surface area contributed by atoms with Crippen LogP contribution < -0.4 is 10.4 Å². The smallest absolute Gasteiger partial charge is 0.261 e. The zero-order valence-electron chi connectivity index (χ0n) is 27.3. The minimum absolute atomic E-state index is 0.104. The van der Waals surface area contributed by atoms with Crippen LogP contribution in [0.4, 0.5) is 0 Å². The van der Waals surface area contributed by atoms with Gasteiger partial charge in [-0.15, -0.1) is 6.58 Å². The summed E-state index contributed by atoms with van der Waals surface area (Å²) < 4.78 is 20.8. The van der Waals surface area contributed by atoms with Crippen LogP contribution in [-0.2, 0) is 19.5 Å². The fourth-order valence-corrected chi connectivity index (χ4v) is 11.1. The van der Waals surface area contributed by atoms with Gasteiger partial charge in [0.05, 0.1) is 19.3 Å². The number of hydrogen-bond donors (Lipinski definition) is 0. The molecule has 46 heavy (non-hydrogen) atoms. The summed E-state index contributed by atoms with van der Waals surface area (Å²) in [7, 11) is -2.68. The van der Waals surface area contributed by atoms with Gasteiger partial charge < -0.3 is 13.9 Å². The molecule has 0 aliphatic carbocycles. The van der Waals surface area contributed by atoms with Crippen LogP contribution in [0, 0.1) is 0 Å². The lowest BCUT2D eigenvalue weighted by molar-refractivity contribution is -0.0645. The Morgan fingerprint density at radius 2 is 1.00 bits per heavy atom. The van der Waals surface area contributed by atoms with Gasteiger partial charge in [-0.1, -0.05) is 179 Å². The molecule has 1 atom stereocenters. The molecule has 0 fully saturated rings. The highest BCUT2D eigenvalue weighted by Gasteiger charge is 2.50. The topological polar surface area (TPSA) is 27.7 Å². The molecule has 1 unspecified atom stereocenters. The fraction of sp³-hybridized carbons (Fsp3) is 0.238. The van der Waals surface area contributed by atoms with Crippen LogP contribution in [0.1, 0.15) is 43.9 Å². The zero-order valence-corrected chi connectivity index (χ0v) is 28.3. The molecule has 0 radical (unpaired) electrons. The van der Waals surface area contributed by atoms with Crippen LogP contribution in [0.2, 0.25) is 5.04 Å². The molecule has 0 saturated heterocycles. The highest BCUT2D eigenvalue weighted by molar-refractivity contribution is 6.99. The average molecular weight is 627 g/mol. The van der Waals surface area contributed by atoms with E-state index in [2.05, 4.69) is 161 Å². The van der Waals surface area contributed by atoms with Gasteiger partial charge in [0.15, 0.2) is 0 Å². The first-order chi connectivity index (χ1) is 22.4. The number of ether oxygens (including phenoxy) is 2. The molecule has 0 aliphatic heterocycles. The number of hydrogen-bond acceptors (Lipinski definition) is 3. The van der Waals surface area contributed by atoms with Crippen molar-refractivity contribution < 1.29 is 13.9 Å². The van der Waals surface area contributed by atoms with E-state index in [4.69, 9.17) is 13.9 Å². The Bertz CT molecular complexity index is 1470. The third kappa shape index (κ3) is 7.16. The second-order valence-electron chi connectivity index (χ2n) is 12.6. The molecule has 0 N–H and O–H groups in total. The Morgan fingerprint density at radius 3 is 1.37 bits per heavy atom. The zero-order chi connectivity index (χ0) is 32.3. The van der Waals surface area contributed by atoms with Crippen molar-refractivity contribution in [3.63, 3.8) is 0 Å². The van der Waals surface area contributed by atoms with E-state index in [0.717, 1.165) is 16.7 Å². The molecule has 0 amide bonds. The summed E-state index contributed by atoms with van der Waals surface area (Å²) in [6.45, 7) is 12.2. The molecular formula is C42H46O3Si. The van der Waals surface area contributed by atoms with Crippen LogP contribution in [0.3, 0.4) is 0 Å². The van der Waals surface area contributed by atoms with Gasteiger partial charge in [-0.3, -0.25) is 0 Å². The summed E-state index contributed by atoms with van der Waals surface area (Å²) in [5.41, 5.74) is 2.38. The molecule has 4 heteroatoms. The van der Waals surface area contributed by atoms with Crippen molar-refractivity contribution in [3.05, 3.63) is 181 Å². The first-order valence-electron chi connectivity index (χ1n) is 16.2. The van der Waals surface area contributed by atoms with E-state index in [0.29, 0.717) is 26.2 Å². The van der Waals surface area contributed by atoms with Crippen LogP contribution in [0.15, 0.2) is 164 Å². The van der Waals surface area contributed by atoms with Gasteiger partial charge in [0.1, 0.15) is 5.60 Å². The Kier molecular flexibility index (Phi) is 11.2. The minimum atomic E-state index is -2.68. The summed E-state index contributed by atoms with van der Waals surface area (Å²) >= 11 is 0. The summed E-state index contributed by atoms with van der Waals surface area (Å²) in [5.74, 6) is 0. The van der Waals surface area contributed by atoms with Crippen molar-refractivity contribution in [1.82, 2.24) is 0 Å². The maximum atomic E-state index is 7.24. The minimum Gasteiger partial charge on any atom is -0.407 e. The van der Waals surface area contributed by atoms with Crippen LogP contribution in [0.25, 0.3) is 0 Å². The van der Waals surface area contributed by atoms with E-state index in [1.54, 1.807) is 6.08 Å². The summed E-state index contributed by atoms with van der Waals surface area (Å²) in [6, 6.07) is 53.0. The molecule has 5 aromatic carbocycles. The summed E-state index contributed by atoms with van der Waals surface area (Å²) in [4.78, 5) is 0. The Hall–Kier alpha value is -4.06. The first kappa shape index (κ1) is 33.3. The van der Waals surface area contributed by atoms with Gasteiger partial charge in [-0.05, 0) is 38.5 Å². The van der Waals surface area contributed by atoms with Gasteiger partial charge in [0.25, 0.3) is 8.32 Å². The van der Waals surface area contributed by atoms with Crippen molar-refractivity contribution in [1.29, 1.82) is 0 Å². The van der Waals surface area contributed by atoms with Crippen molar-refractivity contribution in [2.24, 2.45) is 0 Å². The van der Waals surface area contributed by atoms with E-state index < -0.39 is 13.9 Å². The van der Waals surface area contributed by atoms with Crippen LogP contribution in [0.5, 0.6) is 0 Å². The average Bonchev–Trinajstić information content (AvgIpc) is 3.10. The lowest BCUT2D eigenvalue weighted by Crippen LogP contribution is -2.66. The molecule has 0 heterocycles. The maximum Gasteiger partial charge on any atom is 0.261 e. The number of rotatable bonds is 15. The lowest BCUT2D eigenvalue weighted by Gasteiger charge is -2.43. The van der Waals surface area contributed by atoms with Gasteiger partial charge in [-0.2, -0.15) is 0 Å². The van der Waals surface area contributed by atoms with Crippen molar-refractivity contribution in [2.75, 3.05) is 19.8 Å². The molecule has 3 nitrogen and oxygen atoms in total. The molecule has 236 valence electrons. The molecule has 0 aromatic heterocycles. The highest BCUT2D eigenvalue weighted by Crippen LogP contribution is 2.41. The predicted octanol–water partition coefficient (Wildman–Crippen LogP) is 8.53. The number of benzene rings is 5. The SMILES string of the molecule is C=CCOC(CCO[Si](c1ccccc1)(c1ccccc1)C(C)(C)C)COC(c1ccccc1)(c1ccccc1)c1ccccc1. The van der Waals surface area contributed by atoms with E-state index in [9.17, 15) is 0 Å². The summed E-state index contributed by atoms with van der Waals surface area (Å²) in [5, 5.41) is 2.43. The standard InChI is InChI=1S/C42H46O3Si/c1-5-32-43-38(31-33-45-46(41(2,3)4,39-27-17-9-18-28-39)40-29-19-10-20-30-40)34-44-42(35-21-11-6-12-22-35,36-23-13-7-14-24-36)37-25-15-8-16-26-37/h5-30,38H,1,31-34H2,2-4H3. The lowest BCUT2D eigenvalue weighted by atomic mass is 9.80. The molecule has 5 rings (SSSR count). The van der Waals surface area contributed by atoms with Crippen LogP contribution >= 0.6 is 0 Å². The Balaban J connectivity index is 1.47. The fourth-order valence-electron chi connectivity index (χ4n) is 6.51. The second-order valence-corrected chi connectivity index (χ2v) is 16.9. The van der Waals surface area contributed by atoms with Gasteiger partial charge in [0, 0.05) is 6.61 Å². The monoisotopic (exact) mass is 626 g/mol. The maximum absolute atomic E-state index is 7.24. The predicted molar refractivity (Wildman–Crippen MR) is 193 cm³/mol. The van der Waals surface area contributed by atoms with E-state index >= 15 is 0 Å². The van der Waals surface area contributed by atoms with Crippen molar-refractivity contribution in [2.45, 2.75) is 43.9 Å². The molecule has 0 aliphatic rings. The van der Waals surface area contributed by atoms with Crippen molar-refractivity contribution in [3.8, 4) is 0 Å². The first-order valence-corrected chi connectivity index (χ1v) is 18.1. The second kappa shape index (κ2) is 15.5. The largest absolute Gasteiger partial charge is 0.407 e. The van der Waals surface area contributed by atoms with E-state index in [1.165, 1.54) is 10.4 Å². The Morgan fingerprint density at radius 1 is 0.609 bits per heavy atom. The third-order valence-electron chi connectivity index (χ3n) is 8.65. The van der Waals surface area contributed by atoms with Crippen molar-refractivity contribution >= 4 is 18.7 Å². The summed E-state index contributed by atoms with van der Waals surface area (Å²) in [6.07, 6.45) is 2.26. The molecular weight excluding hydrogens is 581 g/mol. The highest BCUT2D eigenvalue weighted by atomic mass is 28.4. The Labute approximate surface area is 276 Å². The quantitative estimate of drug-likeness (QED) is 0.0662. The van der Waals surface area contributed by atoms with E-state index in [-0.39, 0.29) is 11.1 Å². The van der Waals surface area contributed by atoms with Gasteiger partial charge in [-0.25, -0.2) is 0 Å². The molecule has 0 saturated carbocycles. The normalized spacial score (nSPS) is 12.8. The van der Waals surface area contributed by atoms with Gasteiger partial charge in [0.2, 0.25) is 0 Å². The van der Waals surface area contributed by atoms with Crippen LogP contribution in [-0.4, -0.2) is 34.2 Å². The molecule has 5 aromatic rings.